The number of para-hydroxylation sites is 1. The Labute approximate surface area is 132 Å². The number of halogens is 1. The zero-order chi connectivity index (χ0) is 16.1. The van der Waals surface area contributed by atoms with E-state index in [4.69, 9.17) is 16.3 Å². The number of carbonyl (C=O) groups is 2. The topological polar surface area (TPSA) is 75.6 Å². The highest BCUT2D eigenvalue weighted by Crippen LogP contribution is 2.22. The normalized spacial score (nSPS) is 10.1. The fourth-order valence-corrected chi connectivity index (χ4v) is 1.99. The van der Waals surface area contributed by atoms with Crippen LogP contribution < -0.4 is 5.32 Å². The smallest absolute Gasteiger partial charge is 0.342 e. The molecule has 2 N–H and O–H groups in total. The summed E-state index contributed by atoms with van der Waals surface area (Å²) in [5.41, 5.74) is 1.08. The Balaban J connectivity index is 1.93. The van der Waals surface area contributed by atoms with Crippen LogP contribution in [0.4, 0.5) is 5.69 Å². The average Bonchev–Trinajstić information content (AvgIpc) is 2.47. The van der Waals surface area contributed by atoms with E-state index in [2.05, 4.69) is 5.32 Å². The molecule has 0 unspecified atom stereocenters. The molecule has 0 atom stereocenters. The van der Waals surface area contributed by atoms with E-state index in [9.17, 15) is 14.7 Å². The van der Waals surface area contributed by atoms with Crippen LogP contribution in [-0.4, -0.2) is 23.6 Å². The summed E-state index contributed by atoms with van der Waals surface area (Å²) in [4.78, 5) is 23.6. The van der Waals surface area contributed by atoms with E-state index in [0.717, 1.165) is 0 Å². The number of ether oxygens (including phenoxy) is 1. The van der Waals surface area contributed by atoms with Crippen LogP contribution in [0.1, 0.15) is 15.9 Å². The van der Waals surface area contributed by atoms with Crippen LogP contribution in [0.15, 0.2) is 42.5 Å². The number of aromatic hydroxyl groups is 1. The highest BCUT2D eigenvalue weighted by molar-refractivity contribution is 6.30. The van der Waals surface area contributed by atoms with Crippen molar-refractivity contribution in [2.24, 2.45) is 0 Å². The number of nitrogens with one attached hydrogen (secondary N) is 1. The average molecular weight is 320 g/mol. The second kappa shape index (κ2) is 6.95. The molecule has 2 aromatic carbocycles. The van der Waals surface area contributed by atoms with Crippen LogP contribution in [-0.2, 0) is 9.53 Å². The van der Waals surface area contributed by atoms with Gasteiger partial charge in [0.15, 0.2) is 6.61 Å². The van der Waals surface area contributed by atoms with Crippen molar-refractivity contribution in [2.45, 2.75) is 6.92 Å². The monoisotopic (exact) mass is 319 g/mol. The van der Waals surface area contributed by atoms with E-state index in [1.54, 1.807) is 43.3 Å². The van der Waals surface area contributed by atoms with E-state index in [-0.39, 0.29) is 11.3 Å². The molecule has 0 bridgehead atoms. The third kappa shape index (κ3) is 3.99. The lowest BCUT2D eigenvalue weighted by atomic mass is 10.1. The summed E-state index contributed by atoms with van der Waals surface area (Å²) in [6.07, 6.45) is 0. The first-order valence-electron chi connectivity index (χ1n) is 6.48. The van der Waals surface area contributed by atoms with Gasteiger partial charge < -0.3 is 15.2 Å². The predicted octanol–water partition coefficient (Wildman–Crippen LogP) is 3.15. The van der Waals surface area contributed by atoms with Crippen LogP contribution in [0.2, 0.25) is 5.02 Å². The lowest BCUT2D eigenvalue weighted by molar-refractivity contribution is -0.119. The fraction of sp³-hybridized carbons (Fsp3) is 0.125. The molecular formula is C16H14ClNO4. The molecular weight excluding hydrogens is 306 g/mol. The van der Waals surface area contributed by atoms with Gasteiger partial charge in [-0.25, -0.2) is 4.79 Å². The lowest BCUT2D eigenvalue weighted by Gasteiger charge is -2.08. The first kappa shape index (κ1) is 15.9. The van der Waals surface area contributed by atoms with Gasteiger partial charge in [0.05, 0.1) is 0 Å². The summed E-state index contributed by atoms with van der Waals surface area (Å²) in [5, 5.41) is 12.8. The molecule has 0 fully saturated rings. The number of hydrogen-bond acceptors (Lipinski definition) is 4. The molecule has 6 heteroatoms. The van der Waals surface area contributed by atoms with Crippen molar-refractivity contribution in [2.75, 3.05) is 11.9 Å². The van der Waals surface area contributed by atoms with Gasteiger partial charge in [-0.3, -0.25) is 4.79 Å². The minimum Gasteiger partial charge on any atom is -0.507 e. The highest BCUT2D eigenvalue weighted by atomic mass is 35.5. The molecule has 0 radical (unpaired) electrons. The molecule has 0 spiro atoms. The molecule has 0 heterocycles. The number of amides is 1. The quantitative estimate of drug-likeness (QED) is 0.849. The van der Waals surface area contributed by atoms with E-state index in [1.807, 2.05) is 0 Å². The number of rotatable bonds is 4. The summed E-state index contributed by atoms with van der Waals surface area (Å²) in [5.74, 6) is -1.41. The number of phenols is 1. The molecule has 1 amide bonds. The van der Waals surface area contributed by atoms with Crippen LogP contribution in [0.3, 0.4) is 0 Å². The van der Waals surface area contributed by atoms with E-state index < -0.39 is 18.5 Å². The van der Waals surface area contributed by atoms with Gasteiger partial charge in [-0.2, -0.15) is 0 Å². The highest BCUT2D eigenvalue weighted by Gasteiger charge is 2.15. The first-order chi connectivity index (χ1) is 10.5. The number of benzene rings is 2. The Hall–Kier alpha value is -2.53. The van der Waals surface area contributed by atoms with E-state index in [1.165, 1.54) is 6.07 Å². The molecule has 0 saturated heterocycles. The summed E-state index contributed by atoms with van der Waals surface area (Å²) >= 11 is 5.80. The number of esters is 1. The zero-order valence-electron chi connectivity index (χ0n) is 11.8. The standard InChI is InChI=1S/C16H14ClNO4/c1-10-4-2-7-13(15(10)20)16(21)22-9-14(19)18-12-6-3-5-11(17)8-12/h2-8,20H,9H2,1H3,(H,18,19). The minimum absolute atomic E-state index is 0.0237. The van der Waals surface area contributed by atoms with E-state index in [0.29, 0.717) is 16.3 Å². The van der Waals surface area contributed by atoms with Gasteiger partial charge in [0.1, 0.15) is 11.3 Å². The Bertz CT molecular complexity index is 715. The molecule has 0 aliphatic rings. The Morgan fingerprint density at radius 2 is 1.95 bits per heavy atom. The summed E-state index contributed by atoms with van der Waals surface area (Å²) < 4.78 is 4.88. The molecule has 2 aromatic rings. The molecule has 2 rings (SSSR count). The van der Waals surface area contributed by atoms with Crippen molar-refractivity contribution >= 4 is 29.2 Å². The second-order valence-corrected chi connectivity index (χ2v) is 5.04. The number of phenolic OH excluding ortho intramolecular Hbond substituents is 1. The number of carbonyl (C=O) groups excluding carboxylic acids is 2. The molecule has 22 heavy (non-hydrogen) atoms. The van der Waals surface area contributed by atoms with Gasteiger partial charge in [0, 0.05) is 10.7 Å². The van der Waals surface area contributed by atoms with Crippen molar-refractivity contribution < 1.29 is 19.4 Å². The predicted molar refractivity (Wildman–Crippen MR) is 83.2 cm³/mol. The third-order valence-corrected chi connectivity index (χ3v) is 3.14. The van der Waals surface area contributed by atoms with Crippen LogP contribution in [0, 0.1) is 6.92 Å². The van der Waals surface area contributed by atoms with Gasteiger partial charge in [0.25, 0.3) is 5.91 Å². The molecule has 0 aliphatic carbocycles. The van der Waals surface area contributed by atoms with E-state index >= 15 is 0 Å². The van der Waals surface area contributed by atoms with Crippen LogP contribution in [0.25, 0.3) is 0 Å². The summed E-state index contributed by atoms with van der Waals surface area (Å²) in [6.45, 7) is 1.21. The molecule has 0 saturated carbocycles. The molecule has 114 valence electrons. The van der Waals surface area contributed by atoms with Crippen molar-refractivity contribution in [3.8, 4) is 5.75 Å². The van der Waals surface area contributed by atoms with Crippen molar-refractivity contribution in [3.05, 3.63) is 58.6 Å². The largest absolute Gasteiger partial charge is 0.507 e. The summed E-state index contributed by atoms with van der Waals surface area (Å²) in [7, 11) is 0. The first-order valence-corrected chi connectivity index (χ1v) is 6.86. The molecule has 0 aromatic heterocycles. The maximum Gasteiger partial charge on any atom is 0.342 e. The Morgan fingerprint density at radius 1 is 1.23 bits per heavy atom. The number of anilines is 1. The van der Waals surface area contributed by atoms with Crippen molar-refractivity contribution in [1.29, 1.82) is 0 Å². The number of hydrogen-bond donors (Lipinski definition) is 2. The molecule has 0 aliphatic heterocycles. The maximum absolute atomic E-state index is 11.8. The number of aryl methyl sites for hydroxylation is 1. The minimum atomic E-state index is -0.762. The Kier molecular flexibility index (Phi) is 5.01. The SMILES string of the molecule is Cc1cccc(C(=O)OCC(=O)Nc2cccc(Cl)c2)c1O. The van der Waals surface area contributed by atoms with Gasteiger partial charge in [-0.05, 0) is 36.8 Å². The van der Waals surface area contributed by atoms with Gasteiger partial charge >= 0.3 is 5.97 Å². The maximum atomic E-state index is 11.8. The Morgan fingerprint density at radius 3 is 2.68 bits per heavy atom. The molecule has 5 nitrogen and oxygen atoms in total. The van der Waals surface area contributed by atoms with Gasteiger partial charge in [-0.15, -0.1) is 0 Å². The van der Waals surface area contributed by atoms with Gasteiger partial charge in [-0.1, -0.05) is 29.8 Å². The zero-order valence-corrected chi connectivity index (χ0v) is 12.6. The lowest BCUT2D eigenvalue weighted by Crippen LogP contribution is -2.21. The van der Waals surface area contributed by atoms with Crippen molar-refractivity contribution in [1.82, 2.24) is 0 Å². The third-order valence-electron chi connectivity index (χ3n) is 2.90. The van der Waals surface area contributed by atoms with Crippen LogP contribution in [0.5, 0.6) is 5.75 Å². The summed E-state index contributed by atoms with van der Waals surface area (Å²) in [6, 6.07) is 11.3. The fourth-order valence-electron chi connectivity index (χ4n) is 1.80. The van der Waals surface area contributed by atoms with Gasteiger partial charge in [0.2, 0.25) is 0 Å². The second-order valence-electron chi connectivity index (χ2n) is 4.61. The van der Waals surface area contributed by atoms with Crippen LogP contribution >= 0.6 is 11.6 Å². The van der Waals surface area contributed by atoms with Crippen molar-refractivity contribution in [3.63, 3.8) is 0 Å².